The summed E-state index contributed by atoms with van der Waals surface area (Å²) in [5.74, 6) is 0.692. The van der Waals surface area contributed by atoms with Crippen molar-refractivity contribution >= 4 is 11.8 Å². The smallest absolute Gasteiger partial charge is 0.343 e. The third kappa shape index (κ3) is 4.82. The molecule has 0 spiro atoms. The molecule has 4 nitrogen and oxygen atoms in total. The van der Waals surface area contributed by atoms with Crippen molar-refractivity contribution in [2.75, 3.05) is 7.11 Å². The number of ether oxygens (including phenoxy) is 2. The summed E-state index contributed by atoms with van der Waals surface area (Å²) in [6, 6.07) is 23.2. The first kappa shape index (κ1) is 18.4. The molecule has 4 heteroatoms. The standard InChI is InChI=1S/C23H20O4/c1-26-20-13-15-22(27-23(25)18-10-6-3-7-11-18)19(16-20)12-14-21(24)17-8-4-2-5-9-17/h2-11,13,15-16H,12,14H2,1H3. The van der Waals surface area contributed by atoms with Gasteiger partial charge in [0.15, 0.2) is 5.78 Å². The number of Topliss-reactive ketones (excluding diaryl/α,β-unsaturated/α-hetero) is 1. The van der Waals surface area contributed by atoms with E-state index in [-0.39, 0.29) is 5.78 Å². The third-order valence-corrected chi connectivity index (χ3v) is 4.20. The molecule has 0 saturated carbocycles. The van der Waals surface area contributed by atoms with Gasteiger partial charge in [-0.2, -0.15) is 0 Å². The zero-order valence-electron chi connectivity index (χ0n) is 15.1. The van der Waals surface area contributed by atoms with Gasteiger partial charge in [-0.1, -0.05) is 48.5 Å². The zero-order valence-corrected chi connectivity index (χ0v) is 15.1. The van der Waals surface area contributed by atoms with Crippen LogP contribution in [0.1, 0.15) is 32.7 Å². The molecule has 0 heterocycles. The van der Waals surface area contributed by atoms with Crippen LogP contribution in [-0.2, 0) is 6.42 Å². The van der Waals surface area contributed by atoms with Crippen LogP contribution in [0, 0.1) is 0 Å². The normalized spacial score (nSPS) is 10.3. The second kappa shape index (κ2) is 8.81. The number of aryl methyl sites for hydroxylation is 1. The molecule has 3 rings (SSSR count). The fourth-order valence-corrected chi connectivity index (χ4v) is 2.73. The molecule has 0 amide bonds. The van der Waals surface area contributed by atoms with Gasteiger partial charge in [0.2, 0.25) is 0 Å². The lowest BCUT2D eigenvalue weighted by Gasteiger charge is -2.12. The highest BCUT2D eigenvalue weighted by Gasteiger charge is 2.14. The Balaban J connectivity index is 1.76. The predicted molar refractivity (Wildman–Crippen MR) is 103 cm³/mol. The average Bonchev–Trinajstić information content (AvgIpc) is 2.74. The molecular formula is C23H20O4. The molecule has 0 aromatic heterocycles. The van der Waals surface area contributed by atoms with E-state index >= 15 is 0 Å². The van der Waals surface area contributed by atoms with Gasteiger partial charge in [0, 0.05) is 12.0 Å². The minimum atomic E-state index is -0.434. The number of hydrogen-bond acceptors (Lipinski definition) is 4. The van der Waals surface area contributed by atoms with E-state index in [1.165, 1.54) is 0 Å². The number of hydrogen-bond donors (Lipinski definition) is 0. The average molecular weight is 360 g/mol. The fraction of sp³-hybridized carbons (Fsp3) is 0.130. The molecule has 0 aliphatic carbocycles. The second-order valence-electron chi connectivity index (χ2n) is 6.02. The van der Waals surface area contributed by atoms with Gasteiger partial charge >= 0.3 is 5.97 Å². The van der Waals surface area contributed by atoms with E-state index in [2.05, 4.69) is 0 Å². The Hall–Kier alpha value is -3.40. The maximum Gasteiger partial charge on any atom is 0.343 e. The molecule has 0 unspecified atom stereocenters. The Bertz CT molecular complexity index is 918. The molecule has 3 aromatic rings. The molecule has 0 aliphatic heterocycles. The van der Waals surface area contributed by atoms with Crippen LogP contribution in [0.15, 0.2) is 78.9 Å². The summed E-state index contributed by atoms with van der Waals surface area (Å²) in [5.41, 5.74) is 1.89. The van der Waals surface area contributed by atoms with Crippen LogP contribution in [0.3, 0.4) is 0 Å². The molecule has 27 heavy (non-hydrogen) atoms. The maximum absolute atomic E-state index is 12.4. The lowest BCUT2D eigenvalue weighted by Crippen LogP contribution is -2.10. The van der Waals surface area contributed by atoms with Crippen LogP contribution in [-0.4, -0.2) is 18.9 Å². The Morgan fingerprint density at radius 1 is 0.815 bits per heavy atom. The van der Waals surface area contributed by atoms with Crippen molar-refractivity contribution in [3.63, 3.8) is 0 Å². The van der Waals surface area contributed by atoms with Gasteiger partial charge in [-0.05, 0) is 42.3 Å². The van der Waals surface area contributed by atoms with Gasteiger partial charge in [-0.25, -0.2) is 4.79 Å². The monoisotopic (exact) mass is 360 g/mol. The van der Waals surface area contributed by atoms with Crippen LogP contribution in [0.5, 0.6) is 11.5 Å². The Labute approximate surface area is 158 Å². The first-order valence-corrected chi connectivity index (χ1v) is 8.70. The lowest BCUT2D eigenvalue weighted by atomic mass is 10.0. The Morgan fingerprint density at radius 3 is 2.07 bits per heavy atom. The van der Waals surface area contributed by atoms with Crippen molar-refractivity contribution in [1.82, 2.24) is 0 Å². The van der Waals surface area contributed by atoms with E-state index in [1.54, 1.807) is 61.7 Å². The molecule has 0 radical (unpaired) electrons. The fourth-order valence-electron chi connectivity index (χ4n) is 2.73. The molecule has 0 bridgehead atoms. The summed E-state index contributed by atoms with van der Waals surface area (Å²) in [4.78, 5) is 24.7. The zero-order chi connectivity index (χ0) is 19.1. The number of ketones is 1. The summed E-state index contributed by atoms with van der Waals surface area (Å²) in [6.45, 7) is 0. The maximum atomic E-state index is 12.4. The minimum absolute atomic E-state index is 0.0405. The number of esters is 1. The first-order chi connectivity index (χ1) is 13.2. The molecule has 0 N–H and O–H groups in total. The number of rotatable bonds is 7. The van der Waals surface area contributed by atoms with Crippen molar-refractivity contribution in [3.8, 4) is 11.5 Å². The van der Waals surface area contributed by atoms with Crippen LogP contribution in [0.25, 0.3) is 0 Å². The van der Waals surface area contributed by atoms with E-state index in [4.69, 9.17) is 9.47 Å². The Kier molecular flexibility index (Phi) is 6.00. The van der Waals surface area contributed by atoms with Crippen molar-refractivity contribution < 1.29 is 19.1 Å². The lowest BCUT2D eigenvalue weighted by molar-refractivity contribution is 0.0733. The van der Waals surface area contributed by atoms with Gasteiger partial charge < -0.3 is 9.47 Å². The summed E-state index contributed by atoms with van der Waals surface area (Å²) in [7, 11) is 1.57. The highest BCUT2D eigenvalue weighted by atomic mass is 16.5. The third-order valence-electron chi connectivity index (χ3n) is 4.20. The van der Waals surface area contributed by atoms with Crippen LogP contribution in [0.4, 0.5) is 0 Å². The summed E-state index contributed by atoms with van der Waals surface area (Å²) < 4.78 is 10.8. The summed E-state index contributed by atoms with van der Waals surface area (Å²) in [5, 5.41) is 0. The van der Waals surface area contributed by atoms with Gasteiger partial charge in [0.25, 0.3) is 0 Å². The quantitative estimate of drug-likeness (QED) is 0.347. The van der Waals surface area contributed by atoms with Gasteiger partial charge in [-0.15, -0.1) is 0 Å². The molecule has 0 saturated heterocycles. The molecule has 0 fully saturated rings. The van der Waals surface area contributed by atoms with Gasteiger partial charge in [0.1, 0.15) is 11.5 Å². The van der Waals surface area contributed by atoms with Crippen molar-refractivity contribution in [1.29, 1.82) is 0 Å². The number of carbonyl (C=O) groups is 2. The largest absolute Gasteiger partial charge is 0.497 e. The van der Waals surface area contributed by atoms with E-state index in [0.717, 1.165) is 5.56 Å². The van der Waals surface area contributed by atoms with E-state index in [9.17, 15) is 9.59 Å². The van der Waals surface area contributed by atoms with Crippen molar-refractivity contribution in [3.05, 3.63) is 95.6 Å². The Morgan fingerprint density at radius 2 is 1.44 bits per heavy atom. The van der Waals surface area contributed by atoms with Crippen molar-refractivity contribution in [2.24, 2.45) is 0 Å². The van der Waals surface area contributed by atoms with Gasteiger partial charge in [-0.3, -0.25) is 4.79 Å². The van der Waals surface area contributed by atoms with Crippen LogP contribution < -0.4 is 9.47 Å². The van der Waals surface area contributed by atoms with E-state index in [1.807, 2.05) is 24.3 Å². The molecule has 3 aromatic carbocycles. The highest BCUT2D eigenvalue weighted by molar-refractivity contribution is 5.96. The summed E-state index contributed by atoms with van der Waals surface area (Å²) in [6.07, 6.45) is 0.759. The van der Waals surface area contributed by atoms with E-state index < -0.39 is 5.97 Å². The van der Waals surface area contributed by atoms with Crippen LogP contribution >= 0.6 is 0 Å². The highest BCUT2D eigenvalue weighted by Crippen LogP contribution is 2.27. The topological polar surface area (TPSA) is 52.6 Å². The number of benzene rings is 3. The predicted octanol–water partition coefficient (Wildman–Crippen LogP) is 4.73. The second-order valence-corrected chi connectivity index (χ2v) is 6.02. The van der Waals surface area contributed by atoms with Crippen molar-refractivity contribution in [2.45, 2.75) is 12.8 Å². The molecule has 136 valence electrons. The minimum Gasteiger partial charge on any atom is -0.497 e. The summed E-state index contributed by atoms with van der Waals surface area (Å²) >= 11 is 0. The molecule has 0 atom stereocenters. The molecular weight excluding hydrogens is 340 g/mol. The van der Waals surface area contributed by atoms with Crippen LogP contribution in [0.2, 0.25) is 0 Å². The first-order valence-electron chi connectivity index (χ1n) is 8.70. The SMILES string of the molecule is COc1ccc(OC(=O)c2ccccc2)c(CCC(=O)c2ccccc2)c1. The van der Waals surface area contributed by atoms with E-state index in [0.29, 0.717) is 35.5 Å². The number of carbonyl (C=O) groups excluding carboxylic acids is 2. The molecule has 0 aliphatic rings. The number of methoxy groups -OCH3 is 1. The van der Waals surface area contributed by atoms with Gasteiger partial charge in [0.05, 0.1) is 12.7 Å².